The molecular formula is C18H18FN7. The molecule has 1 aromatic carbocycles. The van der Waals surface area contributed by atoms with Gasteiger partial charge in [0.15, 0.2) is 5.82 Å². The van der Waals surface area contributed by atoms with Crippen molar-refractivity contribution in [3.8, 4) is 11.3 Å². The van der Waals surface area contributed by atoms with Crippen LogP contribution in [0.1, 0.15) is 17.0 Å². The number of imidazole rings is 1. The summed E-state index contributed by atoms with van der Waals surface area (Å²) in [7, 11) is 0. The molecule has 0 saturated heterocycles. The van der Waals surface area contributed by atoms with Gasteiger partial charge in [0.1, 0.15) is 5.65 Å². The van der Waals surface area contributed by atoms with Gasteiger partial charge in [0.25, 0.3) is 0 Å². The third-order valence-electron chi connectivity index (χ3n) is 4.01. The molecule has 0 aliphatic rings. The maximum Gasteiger partial charge on any atom is 0.215 e. The highest BCUT2D eigenvalue weighted by Crippen LogP contribution is 2.24. The number of nitrogens with one attached hydrogen (secondary N) is 3. The van der Waals surface area contributed by atoms with Crippen LogP contribution in [0, 0.1) is 13.8 Å². The SMILES string of the molecule is Cc1cn2c(Nc3cc(C)[nH]n3)nc(-c3cccc(CNF)c3)cc2n1. The molecule has 0 bridgehead atoms. The fourth-order valence-corrected chi connectivity index (χ4v) is 2.86. The van der Waals surface area contributed by atoms with Crippen LogP contribution in [0.4, 0.5) is 16.2 Å². The predicted molar refractivity (Wildman–Crippen MR) is 97.7 cm³/mol. The number of fused-ring (bicyclic) bond motifs is 1. The first-order chi connectivity index (χ1) is 12.6. The Morgan fingerprint density at radius 3 is 2.81 bits per heavy atom. The third-order valence-corrected chi connectivity index (χ3v) is 4.01. The number of hydrogen-bond donors (Lipinski definition) is 3. The quantitative estimate of drug-likeness (QED) is 0.480. The van der Waals surface area contributed by atoms with Gasteiger partial charge < -0.3 is 5.32 Å². The van der Waals surface area contributed by atoms with E-state index in [-0.39, 0.29) is 6.54 Å². The summed E-state index contributed by atoms with van der Waals surface area (Å²) in [5, 5.41) is 10.3. The predicted octanol–water partition coefficient (Wildman–Crippen LogP) is 3.45. The zero-order valence-corrected chi connectivity index (χ0v) is 14.4. The standard InChI is InChI=1S/C18H18FN7/c1-11-6-16(25-24-11)23-18-22-15(8-17-21-12(2)10-26(17)18)14-5-3-4-13(7-14)9-20-19/h3-8,10,20H,9H2,1-2H3,(H2,22,23,24,25). The van der Waals surface area contributed by atoms with Gasteiger partial charge in [0.05, 0.1) is 17.9 Å². The maximum atomic E-state index is 12.4. The van der Waals surface area contributed by atoms with Crippen LogP contribution in [0.2, 0.25) is 0 Å². The Morgan fingerprint density at radius 1 is 1.15 bits per heavy atom. The Bertz CT molecular complexity index is 1070. The fourth-order valence-electron chi connectivity index (χ4n) is 2.86. The summed E-state index contributed by atoms with van der Waals surface area (Å²) in [6.07, 6.45) is 1.91. The lowest BCUT2D eigenvalue weighted by Crippen LogP contribution is -2.03. The van der Waals surface area contributed by atoms with E-state index in [1.807, 2.05) is 60.8 Å². The summed E-state index contributed by atoms with van der Waals surface area (Å²) >= 11 is 0. The molecule has 0 fully saturated rings. The Balaban J connectivity index is 1.81. The van der Waals surface area contributed by atoms with E-state index in [2.05, 4.69) is 20.5 Å². The number of rotatable bonds is 5. The van der Waals surface area contributed by atoms with Crippen molar-refractivity contribution in [2.75, 3.05) is 5.32 Å². The number of aromatic amines is 1. The minimum atomic E-state index is 0.149. The van der Waals surface area contributed by atoms with E-state index >= 15 is 0 Å². The highest BCUT2D eigenvalue weighted by atomic mass is 19.2. The van der Waals surface area contributed by atoms with Crippen LogP contribution in [0.3, 0.4) is 0 Å². The lowest BCUT2D eigenvalue weighted by Gasteiger charge is -2.09. The van der Waals surface area contributed by atoms with Crippen molar-refractivity contribution < 1.29 is 4.48 Å². The van der Waals surface area contributed by atoms with Gasteiger partial charge in [0.2, 0.25) is 5.95 Å². The summed E-state index contributed by atoms with van der Waals surface area (Å²) in [5.74, 6) is 1.29. The Morgan fingerprint density at radius 2 is 2.04 bits per heavy atom. The largest absolute Gasteiger partial charge is 0.308 e. The molecule has 0 saturated carbocycles. The summed E-state index contributed by atoms with van der Waals surface area (Å²) in [6, 6.07) is 11.4. The maximum absolute atomic E-state index is 12.4. The van der Waals surface area contributed by atoms with Gasteiger partial charge in [-0.1, -0.05) is 18.2 Å². The second-order valence-corrected chi connectivity index (χ2v) is 6.15. The van der Waals surface area contributed by atoms with Crippen molar-refractivity contribution in [1.82, 2.24) is 30.1 Å². The summed E-state index contributed by atoms with van der Waals surface area (Å²) in [6.45, 7) is 4.02. The number of anilines is 2. The van der Waals surface area contributed by atoms with Gasteiger partial charge in [0, 0.05) is 29.6 Å². The van der Waals surface area contributed by atoms with E-state index < -0.39 is 0 Å². The van der Waals surface area contributed by atoms with E-state index in [4.69, 9.17) is 4.98 Å². The normalized spacial score (nSPS) is 11.2. The van der Waals surface area contributed by atoms with Gasteiger partial charge >= 0.3 is 0 Å². The molecule has 3 heterocycles. The van der Waals surface area contributed by atoms with Crippen LogP contribution in [-0.4, -0.2) is 24.6 Å². The number of aromatic nitrogens is 5. The number of nitrogens with zero attached hydrogens (tertiary/aromatic N) is 4. The van der Waals surface area contributed by atoms with Gasteiger partial charge in [-0.15, -0.1) is 4.48 Å². The van der Waals surface area contributed by atoms with Crippen LogP contribution in [0.25, 0.3) is 16.9 Å². The third kappa shape index (κ3) is 3.14. The molecule has 0 unspecified atom stereocenters. The zero-order chi connectivity index (χ0) is 18.1. The molecule has 3 aromatic heterocycles. The molecule has 4 aromatic rings. The highest BCUT2D eigenvalue weighted by molar-refractivity contribution is 5.68. The monoisotopic (exact) mass is 351 g/mol. The Hall–Kier alpha value is -3.26. The van der Waals surface area contributed by atoms with Crippen LogP contribution in [-0.2, 0) is 6.54 Å². The summed E-state index contributed by atoms with van der Waals surface area (Å²) in [5.41, 5.74) is 6.77. The van der Waals surface area contributed by atoms with Crippen molar-refractivity contribution in [3.05, 3.63) is 59.5 Å². The van der Waals surface area contributed by atoms with Crippen molar-refractivity contribution in [1.29, 1.82) is 0 Å². The van der Waals surface area contributed by atoms with Crippen LogP contribution < -0.4 is 10.9 Å². The summed E-state index contributed by atoms with van der Waals surface area (Å²) < 4.78 is 14.3. The fraction of sp³-hybridized carbons (Fsp3) is 0.167. The van der Waals surface area contributed by atoms with E-state index in [9.17, 15) is 4.48 Å². The van der Waals surface area contributed by atoms with E-state index in [0.29, 0.717) is 11.8 Å². The number of hydrogen-bond acceptors (Lipinski definition) is 5. The van der Waals surface area contributed by atoms with E-state index in [1.54, 1.807) is 5.54 Å². The first kappa shape index (κ1) is 16.2. The molecule has 4 rings (SSSR count). The number of benzene rings is 1. The average molecular weight is 351 g/mol. The molecule has 26 heavy (non-hydrogen) atoms. The van der Waals surface area contributed by atoms with Crippen molar-refractivity contribution >= 4 is 17.4 Å². The molecule has 7 nitrogen and oxygen atoms in total. The molecule has 0 amide bonds. The molecule has 0 radical (unpaired) electrons. The van der Waals surface area contributed by atoms with Gasteiger partial charge in [-0.2, -0.15) is 10.6 Å². The molecule has 8 heteroatoms. The lowest BCUT2D eigenvalue weighted by atomic mass is 10.1. The highest BCUT2D eigenvalue weighted by Gasteiger charge is 2.11. The second-order valence-electron chi connectivity index (χ2n) is 6.15. The number of halogens is 1. The van der Waals surface area contributed by atoms with Crippen molar-refractivity contribution in [3.63, 3.8) is 0 Å². The number of H-pyrrole nitrogens is 1. The molecule has 3 N–H and O–H groups in total. The average Bonchev–Trinajstić information content (AvgIpc) is 3.20. The minimum Gasteiger partial charge on any atom is -0.308 e. The Kier molecular flexibility index (Phi) is 4.10. The van der Waals surface area contributed by atoms with Crippen molar-refractivity contribution in [2.45, 2.75) is 20.4 Å². The smallest absolute Gasteiger partial charge is 0.215 e. The topological polar surface area (TPSA) is 82.9 Å². The molecular weight excluding hydrogens is 333 g/mol. The molecule has 0 aliphatic carbocycles. The zero-order valence-electron chi connectivity index (χ0n) is 14.4. The molecule has 0 atom stereocenters. The van der Waals surface area contributed by atoms with E-state index in [1.165, 1.54) is 0 Å². The van der Waals surface area contributed by atoms with Crippen molar-refractivity contribution in [2.24, 2.45) is 0 Å². The summed E-state index contributed by atoms with van der Waals surface area (Å²) in [4.78, 5) is 9.28. The van der Waals surface area contributed by atoms with Gasteiger partial charge in [-0.05, 0) is 25.5 Å². The first-order valence-corrected chi connectivity index (χ1v) is 8.21. The number of aryl methyl sites for hydroxylation is 2. The molecule has 0 aliphatic heterocycles. The van der Waals surface area contributed by atoms with Crippen LogP contribution >= 0.6 is 0 Å². The van der Waals surface area contributed by atoms with Gasteiger partial charge in [-0.25, -0.2) is 9.97 Å². The second kappa shape index (κ2) is 6.57. The molecule has 132 valence electrons. The lowest BCUT2D eigenvalue weighted by molar-refractivity contribution is 0.330. The van der Waals surface area contributed by atoms with Crippen LogP contribution in [0.15, 0.2) is 42.6 Å². The van der Waals surface area contributed by atoms with Crippen LogP contribution in [0.5, 0.6) is 0 Å². The van der Waals surface area contributed by atoms with E-state index in [0.717, 1.165) is 33.9 Å². The molecule has 0 spiro atoms. The first-order valence-electron chi connectivity index (χ1n) is 8.21. The van der Waals surface area contributed by atoms with Gasteiger partial charge in [-0.3, -0.25) is 9.50 Å². The minimum absolute atomic E-state index is 0.149. The Labute approximate surface area is 149 Å².